The number of benzene rings is 1. The number of hydroxylamine groups is 1. The maximum Gasteiger partial charge on any atom is 0.277 e. The molecule has 2 saturated heterocycles. The highest BCUT2D eigenvalue weighted by atomic mass is 16.5. The van der Waals surface area contributed by atoms with Crippen molar-refractivity contribution >= 4 is 17.8 Å². The Kier molecular flexibility index (Phi) is 3.81. The van der Waals surface area contributed by atoms with Crippen LogP contribution in [0, 0.1) is 0 Å². The molecule has 2 aromatic rings. The number of fused-ring (bicyclic) bond motifs is 2. The van der Waals surface area contributed by atoms with Gasteiger partial charge >= 0.3 is 0 Å². The summed E-state index contributed by atoms with van der Waals surface area (Å²) in [6.45, 7) is 1.31. The van der Waals surface area contributed by atoms with E-state index in [1.807, 2.05) is 35.2 Å². The molecule has 8 heteroatoms. The minimum absolute atomic E-state index is 0.0589. The molecule has 2 fully saturated rings. The fourth-order valence-electron chi connectivity index (χ4n) is 3.56. The third-order valence-corrected chi connectivity index (χ3v) is 4.78. The monoisotopic (exact) mass is 339 g/mol. The highest BCUT2D eigenvalue weighted by molar-refractivity contribution is 5.95. The predicted molar refractivity (Wildman–Crippen MR) is 88.3 cm³/mol. The molecular weight excluding hydrogens is 322 g/mol. The van der Waals surface area contributed by atoms with E-state index in [2.05, 4.69) is 14.9 Å². The third kappa shape index (κ3) is 2.70. The highest BCUT2D eigenvalue weighted by Crippen LogP contribution is 2.33. The second-order valence-corrected chi connectivity index (χ2v) is 6.23. The van der Waals surface area contributed by atoms with Gasteiger partial charge in [-0.25, -0.2) is 15.4 Å². The van der Waals surface area contributed by atoms with Gasteiger partial charge in [0.2, 0.25) is 5.95 Å². The molecule has 2 atom stereocenters. The van der Waals surface area contributed by atoms with Crippen molar-refractivity contribution in [1.29, 1.82) is 0 Å². The Bertz CT molecular complexity index is 796. The summed E-state index contributed by atoms with van der Waals surface area (Å²) in [5, 5.41) is 8.63. The molecule has 8 nitrogen and oxygen atoms in total. The van der Waals surface area contributed by atoms with Gasteiger partial charge in [0.05, 0.1) is 17.6 Å². The van der Waals surface area contributed by atoms with E-state index in [1.165, 1.54) is 12.4 Å². The number of nitrogens with one attached hydrogen (secondary N) is 1. The van der Waals surface area contributed by atoms with Crippen LogP contribution >= 0.6 is 0 Å². The summed E-state index contributed by atoms with van der Waals surface area (Å²) in [4.78, 5) is 36.4. The van der Waals surface area contributed by atoms with Crippen molar-refractivity contribution in [2.24, 2.45) is 0 Å². The van der Waals surface area contributed by atoms with Crippen LogP contribution in [0.2, 0.25) is 0 Å². The standard InChI is InChI=1S/C17H17N5O3/c23-15(20-25)12-7-18-17(19-8-12)22-10-13-6-14(22)9-21(13)16(24)11-4-2-1-3-5-11/h1-5,7-8,13-14,25H,6,9-10H2,(H,20,23)/t13-,14-/m1/s1. The van der Waals surface area contributed by atoms with Gasteiger partial charge in [-0.05, 0) is 18.6 Å². The first-order valence-corrected chi connectivity index (χ1v) is 8.06. The second kappa shape index (κ2) is 6.14. The molecule has 2 aliphatic rings. The van der Waals surface area contributed by atoms with Gasteiger partial charge in [0, 0.05) is 31.0 Å². The van der Waals surface area contributed by atoms with Gasteiger partial charge in [-0.2, -0.15) is 0 Å². The van der Waals surface area contributed by atoms with E-state index in [4.69, 9.17) is 5.21 Å². The Balaban J connectivity index is 1.46. The lowest BCUT2D eigenvalue weighted by Gasteiger charge is -2.34. The lowest BCUT2D eigenvalue weighted by molar-refractivity contribution is 0.0703. The molecule has 2 aliphatic heterocycles. The number of aromatic nitrogens is 2. The summed E-state index contributed by atoms with van der Waals surface area (Å²) >= 11 is 0. The first-order chi connectivity index (χ1) is 12.2. The summed E-state index contributed by atoms with van der Waals surface area (Å²) in [7, 11) is 0. The summed E-state index contributed by atoms with van der Waals surface area (Å²) in [5.74, 6) is -0.0495. The summed E-state index contributed by atoms with van der Waals surface area (Å²) in [5.41, 5.74) is 2.45. The van der Waals surface area contributed by atoms with Crippen molar-refractivity contribution in [3.05, 3.63) is 53.9 Å². The van der Waals surface area contributed by atoms with Crippen molar-refractivity contribution in [3.63, 3.8) is 0 Å². The van der Waals surface area contributed by atoms with Gasteiger partial charge < -0.3 is 9.80 Å². The molecular formula is C17H17N5O3. The molecule has 3 heterocycles. The second-order valence-electron chi connectivity index (χ2n) is 6.23. The molecule has 0 saturated carbocycles. The zero-order valence-electron chi connectivity index (χ0n) is 13.4. The van der Waals surface area contributed by atoms with Crippen LogP contribution in [0.1, 0.15) is 27.1 Å². The maximum atomic E-state index is 12.6. The molecule has 25 heavy (non-hydrogen) atoms. The number of carbonyl (C=O) groups excluding carboxylic acids is 2. The molecule has 0 radical (unpaired) electrons. The molecule has 2 bridgehead atoms. The number of hydrogen-bond donors (Lipinski definition) is 2. The van der Waals surface area contributed by atoms with Crippen LogP contribution in [-0.4, -0.2) is 57.1 Å². The molecule has 1 aromatic heterocycles. The van der Waals surface area contributed by atoms with Crippen molar-refractivity contribution < 1.29 is 14.8 Å². The summed E-state index contributed by atoms with van der Waals surface area (Å²) in [6, 6.07) is 9.61. The number of carbonyl (C=O) groups is 2. The van der Waals surface area contributed by atoms with Gasteiger partial charge in [-0.1, -0.05) is 18.2 Å². The quantitative estimate of drug-likeness (QED) is 0.631. The number of piperazine rings is 1. The van der Waals surface area contributed by atoms with Crippen LogP contribution < -0.4 is 10.4 Å². The normalized spacial score (nSPS) is 21.5. The van der Waals surface area contributed by atoms with E-state index in [1.54, 1.807) is 5.48 Å². The van der Waals surface area contributed by atoms with Crippen molar-refractivity contribution in [3.8, 4) is 0 Å². The molecule has 2 N–H and O–H groups in total. The zero-order chi connectivity index (χ0) is 17.4. The van der Waals surface area contributed by atoms with Crippen LogP contribution in [0.3, 0.4) is 0 Å². The van der Waals surface area contributed by atoms with Crippen LogP contribution in [0.25, 0.3) is 0 Å². The van der Waals surface area contributed by atoms with Crippen LogP contribution in [0.15, 0.2) is 42.7 Å². The van der Waals surface area contributed by atoms with Crippen LogP contribution in [0.4, 0.5) is 5.95 Å². The van der Waals surface area contributed by atoms with Crippen molar-refractivity contribution in [1.82, 2.24) is 20.3 Å². The summed E-state index contributed by atoms with van der Waals surface area (Å²) < 4.78 is 0. The van der Waals surface area contributed by atoms with Crippen molar-refractivity contribution in [2.75, 3.05) is 18.0 Å². The number of likely N-dealkylation sites (tertiary alicyclic amines) is 1. The van der Waals surface area contributed by atoms with E-state index < -0.39 is 5.91 Å². The van der Waals surface area contributed by atoms with Gasteiger partial charge in [-0.15, -0.1) is 0 Å². The summed E-state index contributed by atoms with van der Waals surface area (Å²) in [6.07, 6.45) is 3.65. The maximum absolute atomic E-state index is 12.6. The van der Waals surface area contributed by atoms with E-state index in [-0.39, 0.29) is 23.6 Å². The number of hydrogen-bond acceptors (Lipinski definition) is 6. The van der Waals surface area contributed by atoms with E-state index in [9.17, 15) is 9.59 Å². The fraction of sp³-hybridized carbons (Fsp3) is 0.294. The molecule has 128 valence electrons. The van der Waals surface area contributed by atoms with Crippen LogP contribution in [-0.2, 0) is 0 Å². The predicted octanol–water partition coefficient (Wildman–Crippen LogP) is 0.699. The molecule has 4 rings (SSSR count). The number of amides is 2. The van der Waals surface area contributed by atoms with E-state index >= 15 is 0 Å². The Morgan fingerprint density at radius 3 is 2.36 bits per heavy atom. The molecule has 0 aliphatic carbocycles. The molecule has 2 amide bonds. The Morgan fingerprint density at radius 2 is 1.76 bits per heavy atom. The average Bonchev–Trinajstić information content (AvgIpc) is 3.28. The first kappa shape index (κ1) is 15.5. The lowest BCUT2D eigenvalue weighted by Crippen LogP contribution is -2.49. The number of anilines is 1. The number of nitrogens with zero attached hydrogens (tertiary/aromatic N) is 4. The first-order valence-electron chi connectivity index (χ1n) is 8.06. The third-order valence-electron chi connectivity index (χ3n) is 4.78. The van der Waals surface area contributed by atoms with E-state index in [0.29, 0.717) is 24.6 Å². The topological polar surface area (TPSA) is 98.7 Å². The lowest BCUT2D eigenvalue weighted by atomic mass is 10.2. The Hall–Kier alpha value is -3.00. The molecule has 1 aromatic carbocycles. The van der Waals surface area contributed by atoms with Crippen LogP contribution in [0.5, 0.6) is 0 Å². The van der Waals surface area contributed by atoms with E-state index in [0.717, 1.165) is 6.42 Å². The smallest absolute Gasteiger partial charge is 0.277 e. The molecule has 0 spiro atoms. The van der Waals surface area contributed by atoms with Gasteiger partial charge in [0.15, 0.2) is 0 Å². The van der Waals surface area contributed by atoms with Crippen molar-refractivity contribution in [2.45, 2.75) is 18.5 Å². The highest BCUT2D eigenvalue weighted by Gasteiger charge is 2.46. The Morgan fingerprint density at radius 1 is 1.04 bits per heavy atom. The Labute approximate surface area is 144 Å². The molecule has 0 unspecified atom stereocenters. The average molecular weight is 339 g/mol. The fourth-order valence-corrected chi connectivity index (χ4v) is 3.56. The van der Waals surface area contributed by atoms with Gasteiger partial charge in [0.25, 0.3) is 11.8 Å². The SMILES string of the molecule is O=C(NO)c1cnc(N2C[C@H]3C[C@@H]2CN3C(=O)c2ccccc2)nc1. The van der Waals surface area contributed by atoms with Gasteiger partial charge in [0.1, 0.15) is 0 Å². The van der Waals surface area contributed by atoms with Gasteiger partial charge in [-0.3, -0.25) is 14.8 Å². The minimum Gasteiger partial charge on any atom is -0.334 e. The number of rotatable bonds is 3. The minimum atomic E-state index is -0.644. The zero-order valence-corrected chi connectivity index (χ0v) is 13.4. The largest absolute Gasteiger partial charge is 0.334 e.